The number of aromatic hydroxyl groups is 1. The monoisotopic (exact) mass is 323 g/mol. The molecule has 3 aromatic rings. The average molecular weight is 323 g/mol. The first-order valence-electron chi connectivity index (χ1n) is 7.57. The number of phenolic OH excluding ortho intramolecular Hbond substituents is 1. The Morgan fingerprint density at radius 1 is 0.958 bits per heavy atom. The van der Waals surface area contributed by atoms with Crippen molar-refractivity contribution >= 4 is 22.6 Å². The van der Waals surface area contributed by atoms with Gasteiger partial charge in [0.05, 0.1) is 25.2 Å². The summed E-state index contributed by atoms with van der Waals surface area (Å²) in [5.74, 6) is 2.41. The quantitative estimate of drug-likeness (QED) is 0.687. The maximum absolute atomic E-state index is 10.0. The molecule has 0 atom stereocenters. The highest BCUT2D eigenvalue weighted by Gasteiger charge is 2.15. The van der Waals surface area contributed by atoms with Crippen LogP contribution < -0.4 is 9.47 Å². The van der Waals surface area contributed by atoms with Crippen molar-refractivity contribution in [1.82, 2.24) is 0 Å². The smallest absolute Gasteiger partial charge is 0.361 e. The van der Waals surface area contributed by atoms with Crippen LogP contribution in [0.4, 0.5) is 0 Å². The fraction of sp³-hybridized carbons (Fsp3) is 0.150. The van der Waals surface area contributed by atoms with Gasteiger partial charge in [-0.2, -0.15) is 0 Å². The van der Waals surface area contributed by atoms with Crippen molar-refractivity contribution in [1.29, 1.82) is 0 Å². The highest BCUT2D eigenvalue weighted by atomic mass is 16.5. The van der Waals surface area contributed by atoms with Crippen molar-refractivity contribution in [2.24, 2.45) is 0 Å². The molecule has 1 aromatic heterocycles. The van der Waals surface area contributed by atoms with E-state index < -0.39 is 0 Å². The van der Waals surface area contributed by atoms with E-state index in [0.717, 1.165) is 28.1 Å². The van der Waals surface area contributed by atoms with Gasteiger partial charge in [-0.3, -0.25) is 0 Å². The van der Waals surface area contributed by atoms with E-state index in [1.54, 1.807) is 32.4 Å². The average Bonchev–Trinajstić information content (AvgIpc) is 2.62. The Kier molecular flexibility index (Phi) is 4.38. The van der Waals surface area contributed by atoms with Crippen LogP contribution in [0.15, 0.2) is 52.9 Å². The molecule has 0 saturated carbocycles. The van der Waals surface area contributed by atoms with Crippen LogP contribution in [0.25, 0.3) is 22.6 Å². The second-order valence-corrected chi connectivity index (χ2v) is 5.46. The zero-order chi connectivity index (χ0) is 17.1. The van der Waals surface area contributed by atoms with Gasteiger partial charge in [0.15, 0.2) is 0 Å². The predicted molar refractivity (Wildman–Crippen MR) is 95.4 cm³/mol. The number of fused-ring (bicyclic) bond motifs is 1. The van der Waals surface area contributed by atoms with E-state index in [1.165, 1.54) is 0 Å². The van der Waals surface area contributed by atoms with Crippen LogP contribution >= 0.6 is 0 Å². The van der Waals surface area contributed by atoms with Gasteiger partial charge in [0.2, 0.25) is 0 Å². The van der Waals surface area contributed by atoms with Crippen LogP contribution in [0.3, 0.4) is 0 Å². The summed E-state index contributed by atoms with van der Waals surface area (Å²) in [7, 11) is 3.24. The predicted octanol–water partition coefficient (Wildman–Crippen LogP) is 5.00. The Morgan fingerprint density at radius 3 is 2.42 bits per heavy atom. The van der Waals surface area contributed by atoms with Gasteiger partial charge in [-0.15, -0.1) is 0 Å². The van der Waals surface area contributed by atoms with Gasteiger partial charge in [0.25, 0.3) is 0 Å². The largest absolute Gasteiger partial charge is 0.507 e. The van der Waals surface area contributed by atoms with Crippen LogP contribution in [0, 0.1) is 0 Å². The van der Waals surface area contributed by atoms with Gasteiger partial charge in [0.1, 0.15) is 17.2 Å². The molecular weight excluding hydrogens is 304 g/mol. The molecule has 0 fully saturated rings. The summed E-state index contributed by atoms with van der Waals surface area (Å²) in [6.07, 6.45) is 1.87. The molecule has 0 unspecified atom stereocenters. The number of benzene rings is 2. The lowest BCUT2D eigenvalue weighted by atomic mass is 10.1. The van der Waals surface area contributed by atoms with Gasteiger partial charge < -0.3 is 14.6 Å². The van der Waals surface area contributed by atoms with Gasteiger partial charge in [-0.05, 0) is 49.4 Å². The first-order valence-corrected chi connectivity index (χ1v) is 7.57. The molecule has 1 N–H and O–H groups in total. The Labute approximate surface area is 140 Å². The molecule has 2 aromatic carbocycles. The SMILES string of the molecule is COc1ccc(O)c(/C=C(/C)c2ccc3cc(OC)ccc3[o+]2)c1. The van der Waals surface area contributed by atoms with Gasteiger partial charge >= 0.3 is 11.3 Å². The van der Waals surface area contributed by atoms with E-state index in [9.17, 15) is 5.11 Å². The fourth-order valence-electron chi connectivity index (χ4n) is 2.49. The molecule has 0 amide bonds. The molecule has 4 heteroatoms. The van der Waals surface area contributed by atoms with E-state index in [1.807, 2.05) is 43.3 Å². The van der Waals surface area contributed by atoms with E-state index in [4.69, 9.17) is 13.9 Å². The number of phenols is 1. The second-order valence-electron chi connectivity index (χ2n) is 5.46. The summed E-state index contributed by atoms with van der Waals surface area (Å²) in [6.45, 7) is 1.94. The van der Waals surface area contributed by atoms with E-state index in [2.05, 4.69) is 0 Å². The Bertz CT molecular complexity index is 913. The highest BCUT2D eigenvalue weighted by molar-refractivity contribution is 5.84. The lowest BCUT2D eigenvalue weighted by Gasteiger charge is -2.04. The second kappa shape index (κ2) is 6.62. The molecule has 122 valence electrons. The Hall–Kier alpha value is -3.01. The van der Waals surface area contributed by atoms with Gasteiger partial charge in [-0.1, -0.05) is 0 Å². The van der Waals surface area contributed by atoms with E-state index in [0.29, 0.717) is 11.3 Å². The Morgan fingerprint density at radius 2 is 1.67 bits per heavy atom. The molecule has 0 bridgehead atoms. The maximum atomic E-state index is 10.0. The summed E-state index contributed by atoms with van der Waals surface area (Å²) in [5, 5.41) is 11.0. The minimum atomic E-state index is 0.195. The first-order chi connectivity index (χ1) is 11.6. The number of methoxy groups -OCH3 is 2. The molecule has 24 heavy (non-hydrogen) atoms. The number of rotatable bonds is 4. The van der Waals surface area contributed by atoms with Crippen LogP contribution in [0.2, 0.25) is 0 Å². The topological polar surface area (TPSA) is 50.0 Å². The minimum Gasteiger partial charge on any atom is -0.507 e. The summed E-state index contributed by atoms with van der Waals surface area (Å²) in [6, 6.07) is 14.7. The molecule has 1 heterocycles. The van der Waals surface area contributed by atoms with Crippen molar-refractivity contribution in [3.63, 3.8) is 0 Å². The number of allylic oxidation sites excluding steroid dienone is 1. The molecule has 0 spiro atoms. The normalized spacial score (nSPS) is 11.5. The van der Waals surface area contributed by atoms with E-state index >= 15 is 0 Å². The molecule has 0 saturated heterocycles. The van der Waals surface area contributed by atoms with Crippen molar-refractivity contribution in [3.05, 3.63) is 59.9 Å². The third kappa shape index (κ3) is 3.18. The zero-order valence-corrected chi connectivity index (χ0v) is 13.9. The zero-order valence-electron chi connectivity index (χ0n) is 13.9. The number of hydrogen-bond donors (Lipinski definition) is 1. The molecule has 0 radical (unpaired) electrons. The van der Waals surface area contributed by atoms with Crippen molar-refractivity contribution < 1.29 is 19.0 Å². The lowest BCUT2D eigenvalue weighted by molar-refractivity contribution is 0.412. The minimum absolute atomic E-state index is 0.195. The molecular formula is C20H19O4+. The molecule has 0 aliphatic rings. The Balaban J connectivity index is 2.00. The third-order valence-electron chi connectivity index (χ3n) is 3.85. The summed E-state index contributed by atoms with van der Waals surface area (Å²) in [5.41, 5.74) is 2.35. The standard InChI is InChI=1S/C20H18O4/c1-13(10-15-12-16(22-2)5-7-18(15)21)19-8-4-14-11-17(23-3)6-9-20(14)24-19/h4-12H,1-3H3/p+1/b13-10-. The van der Waals surface area contributed by atoms with Gasteiger partial charge in [-0.25, -0.2) is 4.42 Å². The van der Waals surface area contributed by atoms with Gasteiger partial charge in [0, 0.05) is 17.7 Å². The molecule has 4 nitrogen and oxygen atoms in total. The maximum Gasteiger partial charge on any atom is 0.361 e. The van der Waals surface area contributed by atoms with Crippen LogP contribution in [0.5, 0.6) is 17.2 Å². The molecule has 0 aliphatic heterocycles. The number of hydrogen-bond acceptors (Lipinski definition) is 3. The first kappa shape index (κ1) is 15.9. The highest BCUT2D eigenvalue weighted by Crippen LogP contribution is 2.29. The summed E-state index contributed by atoms with van der Waals surface area (Å²) < 4.78 is 16.4. The van der Waals surface area contributed by atoms with Crippen molar-refractivity contribution in [2.45, 2.75) is 6.92 Å². The van der Waals surface area contributed by atoms with Crippen LogP contribution in [-0.2, 0) is 0 Å². The molecule has 3 rings (SSSR count). The summed E-state index contributed by atoms with van der Waals surface area (Å²) in [4.78, 5) is 0. The summed E-state index contributed by atoms with van der Waals surface area (Å²) >= 11 is 0. The third-order valence-corrected chi connectivity index (χ3v) is 3.85. The molecule has 0 aliphatic carbocycles. The van der Waals surface area contributed by atoms with Crippen molar-refractivity contribution in [3.8, 4) is 17.2 Å². The lowest BCUT2D eigenvalue weighted by Crippen LogP contribution is -1.86. The fourth-order valence-corrected chi connectivity index (χ4v) is 2.49. The van der Waals surface area contributed by atoms with Crippen molar-refractivity contribution in [2.75, 3.05) is 14.2 Å². The van der Waals surface area contributed by atoms with E-state index in [-0.39, 0.29) is 5.75 Å². The van der Waals surface area contributed by atoms with Crippen LogP contribution in [0.1, 0.15) is 18.2 Å². The van der Waals surface area contributed by atoms with Crippen LogP contribution in [-0.4, -0.2) is 19.3 Å². The number of ether oxygens (including phenoxy) is 2.